The Balaban J connectivity index is 2.31. The summed E-state index contributed by atoms with van der Waals surface area (Å²) in [5.41, 5.74) is 1.12. The van der Waals surface area contributed by atoms with Crippen molar-refractivity contribution in [3.8, 4) is 0 Å². The topological polar surface area (TPSA) is 18.5 Å². The Morgan fingerprint density at radius 3 is 2.62 bits per heavy atom. The van der Waals surface area contributed by atoms with Crippen molar-refractivity contribution in [1.29, 1.82) is 0 Å². The van der Waals surface area contributed by atoms with Gasteiger partial charge < -0.3 is 9.47 Å². The standard InChI is InChI=1S/C11H14O2/c1-12-11(8-5-9-13-11)10-6-3-2-4-7-10/h2-4,6-7H,5,8-9H2,1H3. The van der Waals surface area contributed by atoms with Gasteiger partial charge in [0, 0.05) is 19.1 Å². The molecule has 0 spiro atoms. The van der Waals surface area contributed by atoms with Gasteiger partial charge in [-0.1, -0.05) is 30.3 Å². The van der Waals surface area contributed by atoms with Crippen LogP contribution in [0.1, 0.15) is 18.4 Å². The van der Waals surface area contributed by atoms with Crippen molar-refractivity contribution in [2.24, 2.45) is 0 Å². The van der Waals surface area contributed by atoms with Gasteiger partial charge in [0.15, 0.2) is 5.79 Å². The predicted molar refractivity (Wildman–Crippen MR) is 50.3 cm³/mol. The second-order valence-electron chi connectivity index (χ2n) is 3.28. The molecule has 1 aromatic carbocycles. The first-order valence-electron chi connectivity index (χ1n) is 4.62. The summed E-state index contributed by atoms with van der Waals surface area (Å²) < 4.78 is 11.1. The second kappa shape index (κ2) is 3.48. The molecule has 70 valence electrons. The number of rotatable bonds is 2. The molecule has 1 atom stereocenters. The van der Waals surface area contributed by atoms with Gasteiger partial charge in [-0.25, -0.2) is 0 Å². The molecule has 1 heterocycles. The molecule has 0 bridgehead atoms. The van der Waals surface area contributed by atoms with Crippen LogP contribution >= 0.6 is 0 Å². The van der Waals surface area contributed by atoms with Gasteiger partial charge in [0.1, 0.15) is 0 Å². The van der Waals surface area contributed by atoms with E-state index in [1.807, 2.05) is 18.2 Å². The van der Waals surface area contributed by atoms with Crippen molar-refractivity contribution < 1.29 is 9.47 Å². The molecule has 0 aliphatic carbocycles. The zero-order valence-electron chi connectivity index (χ0n) is 7.82. The van der Waals surface area contributed by atoms with Gasteiger partial charge in [-0.2, -0.15) is 0 Å². The van der Waals surface area contributed by atoms with Crippen LogP contribution in [0, 0.1) is 0 Å². The number of hydrogen-bond donors (Lipinski definition) is 0. The Bertz CT molecular complexity index is 263. The Morgan fingerprint density at radius 2 is 2.08 bits per heavy atom. The molecule has 2 heteroatoms. The van der Waals surface area contributed by atoms with E-state index >= 15 is 0 Å². The van der Waals surface area contributed by atoms with Crippen molar-refractivity contribution in [3.63, 3.8) is 0 Å². The van der Waals surface area contributed by atoms with Crippen LogP contribution in [0.4, 0.5) is 0 Å². The minimum absolute atomic E-state index is 0.471. The summed E-state index contributed by atoms with van der Waals surface area (Å²) in [6.45, 7) is 0.794. The van der Waals surface area contributed by atoms with Crippen molar-refractivity contribution in [2.45, 2.75) is 18.6 Å². The lowest BCUT2D eigenvalue weighted by Crippen LogP contribution is -2.26. The molecule has 13 heavy (non-hydrogen) atoms. The number of ether oxygens (including phenoxy) is 2. The first-order valence-corrected chi connectivity index (χ1v) is 4.62. The molecule has 1 unspecified atom stereocenters. The summed E-state index contributed by atoms with van der Waals surface area (Å²) in [5, 5.41) is 0. The number of hydrogen-bond acceptors (Lipinski definition) is 2. The largest absolute Gasteiger partial charge is 0.349 e. The van der Waals surface area contributed by atoms with E-state index in [9.17, 15) is 0 Å². The van der Waals surface area contributed by atoms with Crippen molar-refractivity contribution in [1.82, 2.24) is 0 Å². The van der Waals surface area contributed by atoms with Crippen LogP contribution in [0.15, 0.2) is 30.3 Å². The summed E-state index contributed by atoms with van der Waals surface area (Å²) in [5.74, 6) is -0.471. The second-order valence-corrected chi connectivity index (χ2v) is 3.28. The third kappa shape index (κ3) is 1.47. The number of benzene rings is 1. The van der Waals surface area contributed by atoms with Crippen LogP contribution in [-0.2, 0) is 15.3 Å². The molecule has 1 aliphatic rings. The van der Waals surface area contributed by atoms with Crippen molar-refractivity contribution in [3.05, 3.63) is 35.9 Å². The first kappa shape index (κ1) is 8.73. The molecular formula is C11H14O2. The Hall–Kier alpha value is -0.860. The van der Waals surface area contributed by atoms with Gasteiger partial charge in [0.05, 0.1) is 6.61 Å². The van der Waals surface area contributed by atoms with Crippen LogP contribution in [-0.4, -0.2) is 13.7 Å². The van der Waals surface area contributed by atoms with Gasteiger partial charge >= 0.3 is 0 Å². The van der Waals surface area contributed by atoms with Crippen LogP contribution in [0.3, 0.4) is 0 Å². The van der Waals surface area contributed by atoms with Crippen LogP contribution < -0.4 is 0 Å². The smallest absolute Gasteiger partial charge is 0.194 e. The highest BCUT2D eigenvalue weighted by atomic mass is 16.7. The molecular weight excluding hydrogens is 164 g/mol. The minimum Gasteiger partial charge on any atom is -0.349 e. The van der Waals surface area contributed by atoms with E-state index in [1.54, 1.807) is 7.11 Å². The zero-order valence-corrected chi connectivity index (χ0v) is 7.82. The Labute approximate surface area is 78.5 Å². The molecule has 0 saturated carbocycles. The van der Waals surface area contributed by atoms with Crippen LogP contribution in [0.25, 0.3) is 0 Å². The fraction of sp³-hybridized carbons (Fsp3) is 0.455. The van der Waals surface area contributed by atoms with Crippen molar-refractivity contribution >= 4 is 0 Å². The maximum atomic E-state index is 5.65. The molecule has 2 rings (SSSR count). The molecule has 0 N–H and O–H groups in total. The molecule has 1 aromatic rings. The maximum absolute atomic E-state index is 5.65. The van der Waals surface area contributed by atoms with Gasteiger partial charge in [0.25, 0.3) is 0 Å². The van der Waals surface area contributed by atoms with E-state index in [-0.39, 0.29) is 0 Å². The average molecular weight is 178 g/mol. The van der Waals surface area contributed by atoms with Crippen LogP contribution in [0.5, 0.6) is 0 Å². The quantitative estimate of drug-likeness (QED) is 0.691. The zero-order chi connectivity index (χ0) is 9.15. The summed E-state index contributed by atoms with van der Waals surface area (Å²) in [7, 11) is 1.71. The van der Waals surface area contributed by atoms with Crippen molar-refractivity contribution in [2.75, 3.05) is 13.7 Å². The first-order chi connectivity index (χ1) is 6.37. The SMILES string of the molecule is COC1(c2ccccc2)CCCO1. The summed E-state index contributed by atoms with van der Waals surface area (Å²) in [4.78, 5) is 0. The average Bonchev–Trinajstić information content (AvgIpc) is 2.69. The highest BCUT2D eigenvalue weighted by Crippen LogP contribution is 2.36. The van der Waals surface area contributed by atoms with E-state index in [0.717, 1.165) is 25.0 Å². The monoisotopic (exact) mass is 178 g/mol. The molecule has 1 aliphatic heterocycles. The lowest BCUT2D eigenvalue weighted by Gasteiger charge is -2.26. The lowest BCUT2D eigenvalue weighted by molar-refractivity contribution is -0.201. The highest BCUT2D eigenvalue weighted by Gasteiger charge is 2.36. The molecule has 2 nitrogen and oxygen atoms in total. The van der Waals surface area contributed by atoms with Gasteiger partial charge in [-0.15, -0.1) is 0 Å². The normalized spacial score (nSPS) is 27.8. The van der Waals surface area contributed by atoms with Crippen LogP contribution in [0.2, 0.25) is 0 Å². The Morgan fingerprint density at radius 1 is 1.31 bits per heavy atom. The van der Waals surface area contributed by atoms with E-state index in [4.69, 9.17) is 9.47 Å². The molecule has 0 radical (unpaired) electrons. The molecule has 1 fully saturated rings. The summed E-state index contributed by atoms with van der Waals surface area (Å²) in [6.07, 6.45) is 2.02. The molecule has 0 aromatic heterocycles. The van der Waals surface area contributed by atoms with E-state index in [1.165, 1.54) is 0 Å². The Kier molecular flexibility index (Phi) is 2.34. The highest BCUT2D eigenvalue weighted by molar-refractivity contribution is 5.20. The van der Waals surface area contributed by atoms with Gasteiger partial charge in [-0.3, -0.25) is 0 Å². The fourth-order valence-electron chi connectivity index (χ4n) is 1.81. The third-order valence-electron chi connectivity index (χ3n) is 2.53. The van der Waals surface area contributed by atoms with E-state index in [0.29, 0.717) is 0 Å². The third-order valence-corrected chi connectivity index (χ3v) is 2.53. The van der Waals surface area contributed by atoms with E-state index in [2.05, 4.69) is 12.1 Å². The van der Waals surface area contributed by atoms with Gasteiger partial charge in [-0.05, 0) is 6.42 Å². The van der Waals surface area contributed by atoms with Gasteiger partial charge in [0.2, 0.25) is 0 Å². The predicted octanol–water partition coefficient (Wildman–Crippen LogP) is 2.30. The fourth-order valence-corrected chi connectivity index (χ4v) is 1.81. The lowest BCUT2D eigenvalue weighted by atomic mass is 10.0. The summed E-state index contributed by atoms with van der Waals surface area (Å²) >= 11 is 0. The summed E-state index contributed by atoms with van der Waals surface area (Å²) in [6, 6.07) is 10.1. The molecule has 1 saturated heterocycles. The molecule has 0 amide bonds. The van der Waals surface area contributed by atoms with E-state index < -0.39 is 5.79 Å². The number of methoxy groups -OCH3 is 1. The minimum atomic E-state index is -0.471. The maximum Gasteiger partial charge on any atom is 0.194 e.